The van der Waals surface area contributed by atoms with Crippen LogP contribution in [0, 0.1) is 13.8 Å². The van der Waals surface area contributed by atoms with Crippen molar-refractivity contribution < 1.29 is 22.8 Å². The molecule has 0 spiro atoms. The first-order valence-electron chi connectivity index (χ1n) is 7.79. The lowest BCUT2D eigenvalue weighted by Gasteiger charge is -2.19. The van der Waals surface area contributed by atoms with Crippen molar-refractivity contribution >= 4 is 21.6 Å². The number of aromatic hydroxyl groups is 1. The van der Waals surface area contributed by atoms with E-state index >= 15 is 0 Å². The van der Waals surface area contributed by atoms with Crippen LogP contribution in [0.1, 0.15) is 35.7 Å². The Bertz CT molecular complexity index is 866. The average molecular weight is 367 g/mol. The number of benzene rings is 1. The summed E-state index contributed by atoms with van der Waals surface area (Å²) < 4.78 is 31.4. The highest BCUT2D eigenvalue weighted by Crippen LogP contribution is 2.29. The Balaban J connectivity index is 2.39. The number of aromatic nitrogens is 1. The van der Waals surface area contributed by atoms with Crippen LogP contribution < -0.4 is 5.32 Å². The Kier molecular flexibility index (Phi) is 5.48. The molecule has 1 heterocycles. The van der Waals surface area contributed by atoms with E-state index in [1.54, 1.807) is 27.7 Å². The Morgan fingerprint density at radius 1 is 1.28 bits per heavy atom. The quantitative estimate of drug-likeness (QED) is 0.758. The molecular weight excluding hydrogens is 346 g/mol. The van der Waals surface area contributed by atoms with Crippen molar-refractivity contribution in [1.29, 1.82) is 0 Å². The fourth-order valence-electron chi connectivity index (χ4n) is 2.48. The maximum atomic E-state index is 12.6. The van der Waals surface area contributed by atoms with E-state index in [9.17, 15) is 18.3 Å². The fraction of sp³-hybridized carbons (Fsp3) is 0.375. The van der Waals surface area contributed by atoms with E-state index in [1.807, 2.05) is 0 Å². The normalized spacial score (nSPS) is 11.7. The minimum absolute atomic E-state index is 0.00164. The van der Waals surface area contributed by atoms with Gasteiger partial charge in [0, 0.05) is 13.1 Å². The third-order valence-corrected chi connectivity index (χ3v) is 5.87. The second-order valence-electron chi connectivity index (χ2n) is 5.42. The van der Waals surface area contributed by atoms with Gasteiger partial charge in [0.15, 0.2) is 0 Å². The number of aryl methyl sites for hydroxylation is 2. The standard InChI is InChI=1S/C16H21N3O5S/c1-5-19(6-2)25(22,23)12-7-8-14(20)13(9-12)17-16(21)15-10(3)18-24-11(15)4/h7-9,20H,5-6H2,1-4H3,(H,17,21). The second kappa shape index (κ2) is 7.24. The van der Waals surface area contributed by atoms with Crippen LogP contribution in [-0.2, 0) is 10.0 Å². The van der Waals surface area contributed by atoms with Crippen molar-refractivity contribution in [2.24, 2.45) is 0 Å². The van der Waals surface area contributed by atoms with Crippen molar-refractivity contribution in [3.8, 4) is 5.75 Å². The molecule has 8 nitrogen and oxygen atoms in total. The average Bonchev–Trinajstić information content (AvgIpc) is 2.89. The van der Waals surface area contributed by atoms with Gasteiger partial charge in [-0.05, 0) is 32.0 Å². The van der Waals surface area contributed by atoms with Gasteiger partial charge < -0.3 is 14.9 Å². The first-order valence-corrected chi connectivity index (χ1v) is 9.23. The van der Waals surface area contributed by atoms with Gasteiger partial charge in [-0.1, -0.05) is 19.0 Å². The van der Waals surface area contributed by atoms with Crippen LogP contribution in [0.5, 0.6) is 5.75 Å². The molecule has 0 unspecified atom stereocenters. The molecule has 0 fully saturated rings. The van der Waals surface area contributed by atoms with Gasteiger partial charge in [0.2, 0.25) is 10.0 Å². The van der Waals surface area contributed by atoms with Crippen LogP contribution in [0.2, 0.25) is 0 Å². The molecule has 0 atom stereocenters. The summed E-state index contributed by atoms with van der Waals surface area (Å²) in [5.41, 5.74) is 0.649. The number of rotatable bonds is 6. The number of carbonyl (C=O) groups excluding carboxylic acids is 1. The first-order chi connectivity index (χ1) is 11.7. The minimum Gasteiger partial charge on any atom is -0.506 e. The van der Waals surface area contributed by atoms with Gasteiger partial charge in [-0.3, -0.25) is 4.79 Å². The molecule has 0 aliphatic rings. The van der Waals surface area contributed by atoms with Crippen LogP contribution in [-0.4, -0.2) is 42.0 Å². The topological polar surface area (TPSA) is 113 Å². The smallest absolute Gasteiger partial charge is 0.261 e. The summed E-state index contributed by atoms with van der Waals surface area (Å²) >= 11 is 0. The molecular formula is C16H21N3O5S. The van der Waals surface area contributed by atoms with Gasteiger partial charge >= 0.3 is 0 Å². The number of amides is 1. The van der Waals surface area contributed by atoms with Crippen LogP contribution >= 0.6 is 0 Å². The van der Waals surface area contributed by atoms with E-state index in [0.29, 0.717) is 24.5 Å². The number of phenols is 1. The number of nitrogens with zero attached hydrogens (tertiary/aromatic N) is 2. The second-order valence-corrected chi connectivity index (χ2v) is 7.36. The summed E-state index contributed by atoms with van der Waals surface area (Å²) in [6, 6.07) is 3.77. The van der Waals surface area contributed by atoms with E-state index in [2.05, 4.69) is 10.5 Å². The van der Waals surface area contributed by atoms with Crippen molar-refractivity contribution in [3.05, 3.63) is 35.2 Å². The maximum absolute atomic E-state index is 12.6. The van der Waals surface area contributed by atoms with Crippen LogP contribution in [0.15, 0.2) is 27.6 Å². The minimum atomic E-state index is -3.71. The highest BCUT2D eigenvalue weighted by Gasteiger charge is 2.24. The lowest BCUT2D eigenvalue weighted by atomic mass is 10.2. The molecule has 2 aromatic rings. The largest absolute Gasteiger partial charge is 0.506 e. The molecule has 1 amide bonds. The Labute approximate surface area is 146 Å². The third kappa shape index (κ3) is 3.67. The number of anilines is 1. The Hall–Kier alpha value is -2.39. The molecule has 2 N–H and O–H groups in total. The highest BCUT2D eigenvalue weighted by molar-refractivity contribution is 7.89. The van der Waals surface area contributed by atoms with E-state index < -0.39 is 15.9 Å². The molecule has 9 heteroatoms. The summed E-state index contributed by atoms with van der Waals surface area (Å²) in [6.45, 7) is 7.33. The summed E-state index contributed by atoms with van der Waals surface area (Å²) in [4.78, 5) is 12.4. The molecule has 0 aliphatic carbocycles. The number of hydrogen-bond donors (Lipinski definition) is 2. The molecule has 1 aromatic heterocycles. The maximum Gasteiger partial charge on any atom is 0.261 e. The molecule has 25 heavy (non-hydrogen) atoms. The van der Waals surface area contributed by atoms with Crippen molar-refractivity contribution in [2.45, 2.75) is 32.6 Å². The SMILES string of the molecule is CCN(CC)S(=O)(=O)c1ccc(O)c(NC(=O)c2c(C)noc2C)c1. The Morgan fingerprint density at radius 3 is 2.44 bits per heavy atom. The van der Waals surface area contributed by atoms with Gasteiger partial charge in [0.05, 0.1) is 16.3 Å². The zero-order valence-corrected chi connectivity index (χ0v) is 15.3. The van der Waals surface area contributed by atoms with Gasteiger partial charge in [-0.25, -0.2) is 8.42 Å². The summed E-state index contributed by atoms with van der Waals surface area (Å²) in [5.74, 6) is -0.441. The zero-order valence-electron chi connectivity index (χ0n) is 14.5. The zero-order chi connectivity index (χ0) is 18.8. The van der Waals surface area contributed by atoms with E-state index in [-0.39, 0.29) is 21.9 Å². The predicted molar refractivity (Wildman–Crippen MR) is 92.1 cm³/mol. The predicted octanol–water partition coefficient (Wildman–Crippen LogP) is 2.28. The third-order valence-electron chi connectivity index (χ3n) is 3.82. The molecule has 0 bridgehead atoms. The lowest BCUT2D eigenvalue weighted by Crippen LogP contribution is -2.30. The fourth-order valence-corrected chi connectivity index (χ4v) is 3.97. The number of carbonyl (C=O) groups is 1. The van der Waals surface area contributed by atoms with E-state index in [4.69, 9.17) is 4.52 Å². The van der Waals surface area contributed by atoms with Crippen LogP contribution in [0.25, 0.3) is 0 Å². The first kappa shape index (κ1) is 18.9. The summed E-state index contributed by atoms with van der Waals surface area (Å²) in [6.07, 6.45) is 0. The van der Waals surface area contributed by atoms with Crippen molar-refractivity contribution in [2.75, 3.05) is 18.4 Å². The summed E-state index contributed by atoms with van der Waals surface area (Å²) in [5, 5.41) is 16.2. The molecule has 0 radical (unpaired) electrons. The number of hydrogen-bond acceptors (Lipinski definition) is 6. The van der Waals surface area contributed by atoms with E-state index in [1.165, 1.54) is 22.5 Å². The lowest BCUT2D eigenvalue weighted by molar-refractivity contribution is 0.102. The number of nitrogens with one attached hydrogen (secondary N) is 1. The molecule has 2 rings (SSSR count). The Morgan fingerprint density at radius 2 is 1.92 bits per heavy atom. The van der Waals surface area contributed by atoms with E-state index in [0.717, 1.165) is 0 Å². The van der Waals surface area contributed by atoms with Crippen LogP contribution in [0.4, 0.5) is 5.69 Å². The highest BCUT2D eigenvalue weighted by atomic mass is 32.2. The molecule has 0 saturated carbocycles. The number of phenolic OH excluding ortho intramolecular Hbond substituents is 1. The molecule has 1 aromatic carbocycles. The molecule has 0 aliphatic heterocycles. The monoisotopic (exact) mass is 367 g/mol. The number of sulfonamides is 1. The van der Waals surface area contributed by atoms with Gasteiger partial charge in [0.25, 0.3) is 5.91 Å². The van der Waals surface area contributed by atoms with Gasteiger partial charge in [-0.2, -0.15) is 4.31 Å². The van der Waals surface area contributed by atoms with Crippen molar-refractivity contribution in [3.63, 3.8) is 0 Å². The summed E-state index contributed by atoms with van der Waals surface area (Å²) in [7, 11) is -3.71. The molecule has 0 saturated heterocycles. The van der Waals surface area contributed by atoms with Crippen molar-refractivity contribution in [1.82, 2.24) is 9.46 Å². The van der Waals surface area contributed by atoms with Crippen LogP contribution in [0.3, 0.4) is 0 Å². The van der Waals surface area contributed by atoms with Gasteiger partial charge in [-0.15, -0.1) is 0 Å². The van der Waals surface area contributed by atoms with Gasteiger partial charge in [0.1, 0.15) is 17.1 Å². The molecule has 136 valence electrons.